The van der Waals surface area contributed by atoms with E-state index >= 15 is 0 Å². The van der Waals surface area contributed by atoms with Crippen molar-refractivity contribution >= 4 is 17.6 Å². The van der Waals surface area contributed by atoms with Crippen molar-refractivity contribution < 1.29 is 14.4 Å². The Morgan fingerprint density at radius 3 is 2.60 bits per heavy atom. The van der Waals surface area contributed by atoms with Crippen LogP contribution in [0.1, 0.15) is 44.4 Å². The third-order valence-electron chi connectivity index (χ3n) is 4.36. The van der Waals surface area contributed by atoms with Crippen LogP contribution in [0, 0.1) is 17.2 Å². The summed E-state index contributed by atoms with van der Waals surface area (Å²) in [5.41, 5.74) is 2.01. The number of hydrogen-bond acceptors (Lipinski definition) is 4. The van der Waals surface area contributed by atoms with Gasteiger partial charge in [-0.3, -0.25) is 14.4 Å². The van der Waals surface area contributed by atoms with E-state index in [1.54, 1.807) is 24.8 Å². The Balaban J connectivity index is 2.26. The highest BCUT2D eigenvalue weighted by Crippen LogP contribution is 2.33. The van der Waals surface area contributed by atoms with Gasteiger partial charge in [0.1, 0.15) is 0 Å². The summed E-state index contributed by atoms with van der Waals surface area (Å²) in [6.07, 6.45) is 0.691. The highest BCUT2D eigenvalue weighted by Gasteiger charge is 2.35. The number of Topliss-reactive ketones (excluding diaryl/α,β-unsaturated/α-hetero) is 1. The van der Waals surface area contributed by atoms with Crippen LogP contribution in [-0.2, 0) is 20.8 Å². The molecule has 0 spiro atoms. The lowest BCUT2D eigenvalue weighted by molar-refractivity contribution is -0.135. The number of carbonyl (C=O) groups is 3. The van der Waals surface area contributed by atoms with Crippen molar-refractivity contribution in [2.45, 2.75) is 45.7 Å². The van der Waals surface area contributed by atoms with Gasteiger partial charge >= 0.3 is 0 Å². The van der Waals surface area contributed by atoms with Crippen LogP contribution in [0.25, 0.3) is 0 Å². The Bertz CT molecular complexity index is 721. The number of nitrogens with one attached hydrogen (secondary N) is 1. The standard InChI is InChI=1S/C19H23N3O3/c1-12(2)21-19(25)16(11-20)18(24)10-17-15-7-5-4-6-14(15)8-9-22(17)13(3)23/h4-7,12,16-17H,8-10H2,1-3H3,(H,21,25)/t16-,17+/m1/s1. The summed E-state index contributed by atoms with van der Waals surface area (Å²) in [5.74, 6) is -2.52. The average molecular weight is 341 g/mol. The number of nitriles is 1. The first-order valence-corrected chi connectivity index (χ1v) is 8.42. The van der Waals surface area contributed by atoms with Gasteiger partial charge in [-0.1, -0.05) is 24.3 Å². The van der Waals surface area contributed by atoms with Crippen LogP contribution in [0.5, 0.6) is 0 Å². The second kappa shape index (κ2) is 7.93. The number of nitrogens with zero attached hydrogens (tertiary/aromatic N) is 2. The Kier molecular flexibility index (Phi) is 5.92. The first-order chi connectivity index (χ1) is 11.8. The molecule has 1 N–H and O–H groups in total. The fourth-order valence-corrected chi connectivity index (χ4v) is 3.20. The molecule has 0 aromatic heterocycles. The molecule has 0 saturated heterocycles. The maximum absolute atomic E-state index is 12.6. The topological polar surface area (TPSA) is 90.3 Å². The molecule has 1 aromatic rings. The molecule has 6 heteroatoms. The summed E-state index contributed by atoms with van der Waals surface area (Å²) < 4.78 is 0. The molecule has 0 bridgehead atoms. The highest BCUT2D eigenvalue weighted by molar-refractivity contribution is 6.04. The molecule has 1 heterocycles. The Morgan fingerprint density at radius 2 is 2.00 bits per heavy atom. The number of fused-ring (bicyclic) bond motifs is 1. The molecule has 1 aliphatic rings. The van der Waals surface area contributed by atoms with E-state index in [0.717, 1.165) is 17.5 Å². The summed E-state index contributed by atoms with van der Waals surface area (Å²) in [7, 11) is 0. The van der Waals surface area contributed by atoms with Crippen LogP contribution in [0.3, 0.4) is 0 Å². The van der Waals surface area contributed by atoms with E-state index in [9.17, 15) is 19.6 Å². The molecule has 0 radical (unpaired) electrons. The second-order valence-electron chi connectivity index (χ2n) is 6.57. The molecule has 0 fully saturated rings. The van der Waals surface area contributed by atoms with Crippen molar-refractivity contribution in [2.75, 3.05) is 6.54 Å². The van der Waals surface area contributed by atoms with Crippen molar-refractivity contribution in [1.82, 2.24) is 10.2 Å². The van der Waals surface area contributed by atoms with Crippen LogP contribution in [0.4, 0.5) is 0 Å². The predicted molar refractivity (Wildman–Crippen MR) is 92.3 cm³/mol. The third-order valence-corrected chi connectivity index (χ3v) is 4.36. The molecule has 1 aromatic carbocycles. The second-order valence-corrected chi connectivity index (χ2v) is 6.57. The molecule has 2 amide bonds. The van der Waals surface area contributed by atoms with Gasteiger partial charge in [-0.15, -0.1) is 0 Å². The maximum atomic E-state index is 12.6. The summed E-state index contributed by atoms with van der Waals surface area (Å²) in [5, 5.41) is 11.9. The zero-order valence-electron chi connectivity index (χ0n) is 14.8. The SMILES string of the molecule is CC(=O)N1CCc2ccccc2[C@@H]1CC(=O)[C@@H](C#N)C(=O)NC(C)C. The number of rotatable bonds is 5. The molecule has 6 nitrogen and oxygen atoms in total. The Hall–Kier alpha value is -2.68. The maximum Gasteiger partial charge on any atom is 0.245 e. The largest absolute Gasteiger partial charge is 0.352 e. The number of benzene rings is 1. The molecule has 2 rings (SSSR count). The molecule has 25 heavy (non-hydrogen) atoms. The summed E-state index contributed by atoms with van der Waals surface area (Å²) in [6.45, 7) is 5.54. The van der Waals surface area contributed by atoms with Crippen molar-refractivity contribution in [2.24, 2.45) is 5.92 Å². The van der Waals surface area contributed by atoms with Crippen molar-refractivity contribution in [3.8, 4) is 6.07 Å². The minimum atomic E-state index is -1.36. The van der Waals surface area contributed by atoms with Gasteiger partial charge in [0, 0.05) is 25.9 Å². The van der Waals surface area contributed by atoms with Crippen LogP contribution in [-0.4, -0.2) is 35.1 Å². The zero-order valence-corrected chi connectivity index (χ0v) is 14.8. The van der Waals surface area contributed by atoms with Gasteiger partial charge in [0.15, 0.2) is 11.7 Å². The van der Waals surface area contributed by atoms with E-state index in [-0.39, 0.29) is 18.4 Å². The monoisotopic (exact) mass is 341 g/mol. The normalized spacial score (nSPS) is 17.4. The lowest BCUT2D eigenvalue weighted by Crippen LogP contribution is -2.42. The van der Waals surface area contributed by atoms with Gasteiger partial charge in [0.05, 0.1) is 12.1 Å². The molecular formula is C19H23N3O3. The molecule has 2 atom stereocenters. The van der Waals surface area contributed by atoms with E-state index in [1.165, 1.54) is 6.92 Å². The van der Waals surface area contributed by atoms with Gasteiger partial charge in [-0.05, 0) is 31.4 Å². The fraction of sp³-hybridized carbons (Fsp3) is 0.474. The molecule has 0 unspecified atom stereocenters. The Morgan fingerprint density at radius 1 is 1.32 bits per heavy atom. The summed E-state index contributed by atoms with van der Waals surface area (Å²) in [4.78, 5) is 38.4. The Labute approximate surface area is 147 Å². The number of amides is 2. The van der Waals surface area contributed by atoms with Crippen LogP contribution >= 0.6 is 0 Å². The van der Waals surface area contributed by atoms with Crippen LogP contribution in [0.2, 0.25) is 0 Å². The van der Waals surface area contributed by atoms with Gasteiger partial charge < -0.3 is 10.2 Å². The minimum absolute atomic E-state index is 0.0413. The van der Waals surface area contributed by atoms with Crippen LogP contribution < -0.4 is 5.32 Å². The molecule has 132 valence electrons. The number of hydrogen-bond donors (Lipinski definition) is 1. The van der Waals surface area contributed by atoms with E-state index in [0.29, 0.717) is 6.54 Å². The zero-order chi connectivity index (χ0) is 18.6. The molecule has 1 aliphatic heterocycles. The first kappa shape index (κ1) is 18.7. The lowest BCUT2D eigenvalue weighted by Gasteiger charge is -2.36. The van der Waals surface area contributed by atoms with Gasteiger partial charge in [-0.25, -0.2) is 0 Å². The summed E-state index contributed by atoms with van der Waals surface area (Å²) in [6, 6.07) is 8.89. The number of carbonyl (C=O) groups excluding carboxylic acids is 3. The first-order valence-electron chi connectivity index (χ1n) is 8.42. The minimum Gasteiger partial charge on any atom is -0.352 e. The number of ketones is 1. The van der Waals surface area contributed by atoms with Gasteiger partial charge in [0.2, 0.25) is 11.8 Å². The molecule has 0 saturated carbocycles. The smallest absolute Gasteiger partial charge is 0.245 e. The van der Waals surface area contributed by atoms with Crippen molar-refractivity contribution in [1.29, 1.82) is 5.26 Å². The molecular weight excluding hydrogens is 318 g/mol. The van der Waals surface area contributed by atoms with Crippen LogP contribution in [0.15, 0.2) is 24.3 Å². The highest BCUT2D eigenvalue weighted by atomic mass is 16.2. The molecule has 0 aliphatic carbocycles. The van der Waals surface area contributed by atoms with Gasteiger partial charge in [-0.2, -0.15) is 5.26 Å². The third kappa shape index (κ3) is 4.24. The van der Waals surface area contributed by atoms with E-state index < -0.39 is 23.7 Å². The van der Waals surface area contributed by atoms with Crippen molar-refractivity contribution in [3.63, 3.8) is 0 Å². The average Bonchev–Trinajstić information content (AvgIpc) is 2.54. The predicted octanol–water partition coefficient (Wildman–Crippen LogP) is 1.76. The van der Waals surface area contributed by atoms with E-state index in [2.05, 4.69) is 5.32 Å². The fourth-order valence-electron chi connectivity index (χ4n) is 3.20. The quantitative estimate of drug-likeness (QED) is 0.826. The lowest BCUT2D eigenvalue weighted by atomic mass is 9.87. The van der Waals surface area contributed by atoms with E-state index in [4.69, 9.17) is 0 Å². The summed E-state index contributed by atoms with van der Waals surface area (Å²) >= 11 is 0. The van der Waals surface area contributed by atoms with E-state index in [1.807, 2.05) is 24.3 Å². The van der Waals surface area contributed by atoms with Crippen molar-refractivity contribution in [3.05, 3.63) is 35.4 Å². The van der Waals surface area contributed by atoms with Gasteiger partial charge in [0.25, 0.3) is 0 Å².